The number of sulfonamides is 1. The van der Waals surface area contributed by atoms with E-state index in [4.69, 9.17) is 4.74 Å². The molecule has 0 bridgehead atoms. The molecular weight excluding hydrogens is 393 g/mol. The van der Waals surface area contributed by atoms with E-state index in [0.717, 1.165) is 11.3 Å². The number of esters is 1. The summed E-state index contributed by atoms with van der Waals surface area (Å²) >= 11 is 1.05. The molecule has 2 N–H and O–H groups in total. The van der Waals surface area contributed by atoms with E-state index in [2.05, 4.69) is 4.72 Å². The fraction of sp³-hybridized carbons (Fsp3) is 0.0556. The van der Waals surface area contributed by atoms with Crippen LogP contribution < -0.4 is 4.72 Å². The number of aromatic hydroxyl groups is 1. The summed E-state index contributed by atoms with van der Waals surface area (Å²) in [6.45, 7) is -0.121. The van der Waals surface area contributed by atoms with Crippen molar-refractivity contribution in [2.75, 3.05) is 4.72 Å². The zero-order chi connectivity index (χ0) is 19.4. The van der Waals surface area contributed by atoms with Gasteiger partial charge in [0.25, 0.3) is 10.0 Å². The van der Waals surface area contributed by atoms with Crippen LogP contribution in [0.25, 0.3) is 0 Å². The molecule has 0 radical (unpaired) electrons. The van der Waals surface area contributed by atoms with E-state index >= 15 is 0 Å². The molecule has 9 heteroatoms. The minimum atomic E-state index is -3.79. The SMILES string of the molecule is O=C(OCc1ccc(F)cc1)c1cc(NS(=O)(=O)c2cccs2)ccc1O. The second-order valence-electron chi connectivity index (χ2n) is 5.47. The number of anilines is 1. The number of phenols is 1. The Kier molecular flexibility index (Phi) is 5.43. The molecule has 0 atom stereocenters. The van der Waals surface area contributed by atoms with Gasteiger partial charge in [0, 0.05) is 5.69 Å². The van der Waals surface area contributed by atoms with Gasteiger partial charge in [-0.2, -0.15) is 0 Å². The van der Waals surface area contributed by atoms with Gasteiger partial charge in [-0.1, -0.05) is 18.2 Å². The number of carbonyl (C=O) groups excluding carboxylic acids is 1. The van der Waals surface area contributed by atoms with Crippen molar-refractivity contribution in [3.8, 4) is 5.75 Å². The van der Waals surface area contributed by atoms with E-state index in [9.17, 15) is 22.7 Å². The lowest BCUT2D eigenvalue weighted by Crippen LogP contribution is -2.12. The number of benzene rings is 2. The summed E-state index contributed by atoms with van der Waals surface area (Å²) in [5.41, 5.74) is 0.484. The van der Waals surface area contributed by atoms with Crippen molar-refractivity contribution in [1.29, 1.82) is 0 Å². The molecule has 27 heavy (non-hydrogen) atoms. The smallest absolute Gasteiger partial charge is 0.342 e. The first-order valence-electron chi connectivity index (χ1n) is 7.66. The first kappa shape index (κ1) is 18.9. The molecule has 0 aliphatic rings. The van der Waals surface area contributed by atoms with Crippen LogP contribution in [0.15, 0.2) is 64.2 Å². The summed E-state index contributed by atoms with van der Waals surface area (Å²) < 4.78 is 45.0. The molecule has 6 nitrogen and oxygen atoms in total. The number of ether oxygens (including phenoxy) is 1. The Bertz CT molecular complexity index is 1050. The van der Waals surface area contributed by atoms with E-state index in [-0.39, 0.29) is 27.8 Å². The molecule has 0 unspecified atom stereocenters. The molecule has 3 rings (SSSR count). The quantitative estimate of drug-likeness (QED) is 0.480. The topological polar surface area (TPSA) is 92.7 Å². The Balaban J connectivity index is 1.74. The Morgan fingerprint density at radius 2 is 1.89 bits per heavy atom. The minimum absolute atomic E-state index is 0.106. The fourth-order valence-electron chi connectivity index (χ4n) is 2.19. The molecule has 0 amide bonds. The van der Waals surface area contributed by atoms with Crippen molar-refractivity contribution in [3.05, 3.63) is 76.9 Å². The monoisotopic (exact) mass is 407 g/mol. The van der Waals surface area contributed by atoms with Crippen molar-refractivity contribution < 1.29 is 27.4 Å². The van der Waals surface area contributed by atoms with Crippen molar-refractivity contribution in [2.45, 2.75) is 10.8 Å². The first-order valence-corrected chi connectivity index (χ1v) is 10.0. The van der Waals surface area contributed by atoms with Crippen LogP contribution in [0.4, 0.5) is 10.1 Å². The van der Waals surface area contributed by atoms with Gasteiger partial charge in [0.1, 0.15) is 27.9 Å². The van der Waals surface area contributed by atoms with Crippen molar-refractivity contribution in [3.63, 3.8) is 0 Å². The van der Waals surface area contributed by atoms with E-state index in [1.807, 2.05) is 0 Å². The van der Waals surface area contributed by atoms with Crippen LogP contribution >= 0.6 is 11.3 Å². The maximum Gasteiger partial charge on any atom is 0.342 e. The lowest BCUT2D eigenvalue weighted by atomic mass is 10.2. The van der Waals surface area contributed by atoms with Gasteiger partial charge in [0.05, 0.1) is 0 Å². The minimum Gasteiger partial charge on any atom is -0.507 e. The lowest BCUT2D eigenvalue weighted by molar-refractivity contribution is 0.0469. The summed E-state index contributed by atoms with van der Waals surface area (Å²) in [6.07, 6.45) is 0. The molecule has 0 aliphatic heterocycles. The summed E-state index contributed by atoms with van der Waals surface area (Å²) in [5.74, 6) is -1.60. The molecular formula is C18H14FNO5S2. The second kappa shape index (κ2) is 7.77. The highest BCUT2D eigenvalue weighted by Crippen LogP contribution is 2.26. The van der Waals surface area contributed by atoms with Gasteiger partial charge in [-0.3, -0.25) is 4.72 Å². The van der Waals surface area contributed by atoms with Crippen LogP contribution in [0, 0.1) is 5.82 Å². The largest absolute Gasteiger partial charge is 0.507 e. The highest BCUT2D eigenvalue weighted by atomic mass is 32.2. The van der Waals surface area contributed by atoms with Crippen LogP contribution in [0.1, 0.15) is 15.9 Å². The molecule has 1 heterocycles. The third-order valence-electron chi connectivity index (χ3n) is 3.51. The zero-order valence-corrected chi connectivity index (χ0v) is 15.4. The summed E-state index contributed by atoms with van der Waals surface area (Å²) in [4.78, 5) is 12.2. The number of phenolic OH excluding ortho intramolecular Hbond substituents is 1. The summed E-state index contributed by atoms with van der Waals surface area (Å²) in [7, 11) is -3.79. The van der Waals surface area contributed by atoms with Crippen LogP contribution in [0.3, 0.4) is 0 Å². The standard InChI is InChI=1S/C18H14FNO5S2/c19-13-5-3-12(4-6-13)11-25-18(22)15-10-14(7-8-16(15)21)20-27(23,24)17-2-1-9-26-17/h1-10,20-21H,11H2. The number of thiophene rings is 1. The van der Waals surface area contributed by atoms with E-state index < -0.39 is 21.8 Å². The summed E-state index contributed by atoms with van der Waals surface area (Å²) in [5, 5.41) is 11.5. The van der Waals surface area contributed by atoms with E-state index in [0.29, 0.717) is 5.56 Å². The predicted octanol–water partition coefficient (Wildman–Crippen LogP) is 3.75. The zero-order valence-electron chi connectivity index (χ0n) is 13.8. The lowest BCUT2D eigenvalue weighted by Gasteiger charge is -2.10. The maximum absolute atomic E-state index is 12.9. The molecule has 3 aromatic rings. The van der Waals surface area contributed by atoms with Crippen molar-refractivity contribution in [1.82, 2.24) is 0 Å². The van der Waals surface area contributed by atoms with Gasteiger partial charge < -0.3 is 9.84 Å². The van der Waals surface area contributed by atoms with Gasteiger partial charge in [-0.15, -0.1) is 11.3 Å². The van der Waals surface area contributed by atoms with Gasteiger partial charge in [-0.25, -0.2) is 17.6 Å². The molecule has 140 valence electrons. The number of nitrogens with one attached hydrogen (secondary N) is 1. The predicted molar refractivity (Wildman–Crippen MR) is 98.8 cm³/mol. The van der Waals surface area contributed by atoms with E-state index in [1.54, 1.807) is 11.4 Å². The second-order valence-corrected chi connectivity index (χ2v) is 8.33. The van der Waals surface area contributed by atoms with Gasteiger partial charge in [0.2, 0.25) is 0 Å². The third-order valence-corrected chi connectivity index (χ3v) is 6.29. The Morgan fingerprint density at radius 1 is 1.15 bits per heavy atom. The number of rotatable bonds is 6. The highest BCUT2D eigenvalue weighted by molar-refractivity contribution is 7.94. The third kappa shape index (κ3) is 4.63. The van der Waals surface area contributed by atoms with Crippen LogP contribution in [0.2, 0.25) is 0 Å². The van der Waals surface area contributed by atoms with Crippen molar-refractivity contribution in [2.24, 2.45) is 0 Å². The van der Waals surface area contributed by atoms with Crippen LogP contribution in [0.5, 0.6) is 5.75 Å². The number of hydrogen-bond donors (Lipinski definition) is 2. The van der Waals surface area contributed by atoms with Gasteiger partial charge >= 0.3 is 5.97 Å². The first-order chi connectivity index (χ1) is 12.8. The Morgan fingerprint density at radius 3 is 2.56 bits per heavy atom. The molecule has 0 spiro atoms. The molecule has 0 saturated carbocycles. The molecule has 0 aliphatic carbocycles. The highest BCUT2D eigenvalue weighted by Gasteiger charge is 2.18. The Hall–Kier alpha value is -2.91. The van der Waals surface area contributed by atoms with Gasteiger partial charge in [-0.05, 0) is 47.3 Å². The van der Waals surface area contributed by atoms with Crippen LogP contribution in [-0.2, 0) is 21.4 Å². The average molecular weight is 407 g/mol. The normalized spacial score (nSPS) is 11.1. The maximum atomic E-state index is 12.9. The molecule has 1 aromatic heterocycles. The number of carbonyl (C=O) groups is 1. The van der Waals surface area contributed by atoms with Crippen molar-refractivity contribution >= 4 is 33.0 Å². The molecule has 0 fully saturated rings. The van der Waals surface area contributed by atoms with E-state index in [1.165, 1.54) is 48.5 Å². The Labute approximate surface area is 158 Å². The molecule has 2 aromatic carbocycles. The number of halogens is 1. The molecule has 0 saturated heterocycles. The fourth-order valence-corrected chi connectivity index (χ4v) is 4.23. The summed E-state index contributed by atoms with van der Waals surface area (Å²) in [6, 6.07) is 12.2. The average Bonchev–Trinajstić information content (AvgIpc) is 3.18. The van der Waals surface area contributed by atoms with Crippen LogP contribution in [-0.4, -0.2) is 19.5 Å². The number of hydrogen-bond acceptors (Lipinski definition) is 6. The van der Waals surface area contributed by atoms with Gasteiger partial charge in [0.15, 0.2) is 0 Å².